The van der Waals surface area contributed by atoms with Gasteiger partial charge in [-0.2, -0.15) is 0 Å². The maximum Gasteiger partial charge on any atom is 0.242 e. The van der Waals surface area contributed by atoms with E-state index < -0.39 is 6.04 Å². The van der Waals surface area contributed by atoms with Crippen molar-refractivity contribution in [2.24, 2.45) is 0 Å². The van der Waals surface area contributed by atoms with Gasteiger partial charge in [-0.3, -0.25) is 9.59 Å². The van der Waals surface area contributed by atoms with E-state index in [1.54, 1.807) is 12.0 Å². The maximum absolute atomic E-state index is 13.3. The van der Waals surface area contributed by atoms with E-state index in [-0.39, 0.29) is 18.2 Å². The van der Waals surface area contributed by atoms with Crippen molar-refractivity contribution in [2.45, 2.75) is 53.1 Å². The molecule has 0 saturated carbocycles. The van der Waals surface area contributed by atoms with Crippen LogP contribution in [0.15, 0.2) is 42.5 Å². The second-order valence-corrected chi connectivity index (χ2v) is 7.36. The third-order valence-corrected chi connectivity index (χ3v) is 4.86. The summed E-state index contributed by atoms with van der Waals surface area (Å²) in [6, 6.07) is 13.3. The van der Waals surface area contributed by atoms with Gasteiger partial charge in [0.1, 0.15) is 11.8 Å². The lowest BCUT2D eigenvalue weighted by atomic mass is 10.0. The monoisotopic (exact) mass is 396 g/mol. The highest BCUT2D eigenvalue weighted by molar-refractivity contribution is 5.88. The molecule has 0 spiro atoms. The number of methoxy groups -OCH3 is 1. The number of benzene rings is 2. The fraction of sp³-hybridized carbons (Fsp3) is 0.417. The molecule has 0 unspecified atom stereocenters. The van der Waals surface area contributed by atoms with Gasteiger partial charge in [-0.1, -0.05) is 48.4 Å². The third-order valence-electron chi connectivity index (χ3n) is 4.86. The highest BCUT2D eigenvalue weighted by atomic mass is 16.5. The van der Waals surface area contributed by atoms with Crippen molar-refractivity contribution in [3.8, 4) is 5.75 Å². The first-order valence-electron chi connectivity index (χ1n) is 10.1. The minimum absolute atomic E-state index is 0.0593. The fourth-order valence-corrected chi connectivity index (χ4v) is 3.63. The Kier molecular flexibility index (Phi) is 8.25. The van der Waals surface area contributed by atoms with Crippen molar-refractivity contribution in [3.63, 3.8) is 0 Å². The van der Waals surface area contributed by atoms with Crippen LogP contribution in [0.5, 0.6) is 5.75 Å². The summed E-state index contributed by atoms with van der Waals surface area (Å²) < 4.78 is 5.31. The van der Waals surface area contributed by atoms with Crippen molar-refractivity contribution in [1.29, 1.82) is 0 Å². The molecular weight excluding hydrogens is 364 g/mol. The molecule has 0 aromatic heterocycles. The molecule has 0 bridgehead atoms. The quantitative estimate of drug-likeness (QED) is 0.701. The van der Waals surface area contributed by atoms with E-state index in [0.717, 1.165) is 28.0 Å². The number of likely N-dealkylation sites (N-methyl/N-ethyl adjacent to an activating group) is 1. The number of hydrogen-bond donors (Lipinski definition) is 1. The zero-order valence-corrected chi connectivity index (χ0v) is 18.1. The molecule has 0 aliphatic rings. The lowest BCUT2D eigenvalue weighted by Gasteiger charge is -2.31. The minimum atomic E-state index is -0.514. The van der Waals surface area contributed by atoms with Gasteiger partial charge in [-0.05, 0) is 50.5 Å². The summed E-state index contributed by atoms with van der Waals surface area (Å²) in [5.74, 6) is 0.554. The van der Waals surface area contributed by atoms with E-state index in [1.165, 1.54) is 0 Å². The summed E-state index contributed by atoms with van der Waals surface area (Å²) in [6.07, 6.45) is 0.816. The highest BCUT2D eigenvalue weighted by Gasteiger charge is 2.28. The van der Waals surface area contributed by atoms with Gasteiger partial charge in [0.2, 0.25) is 11.8 Å². The second kappa shape index (κ2) is 10.6. The van der Waals surface area contributed by atoms with E-state index in [0.29, 0.717) is 19.5 Å². The fourth-order valence-electron chi connectivity index (χ4n) is 3.63. The van der Waals surface area contributed by atoms with E-state index in [1.807, 2.05) is 64.1 Å². The normalized spacial score (nSPS) is 11.6. The molecule has 2 aromatic carbocycles. The number of nitrogens with zero attached hydrogens (tertiary/aromatic N) is 1. The molecule has 2 amide bonds. The van der Waals surface area contributed by atoms with E-state index in [9.17, 15) is 9.59 Å². The van der Waals surface area contributed by atoms with Crippen LogP contribution in [0.3, 0.4) is 0 Å². The number of amides is 2. The maximum atomic E-state index is 13.3. The van der Waals surface area contributed by atoms with Crippen LogP contribution in [0.2, 0.25) is 0 Å². The molecule has 5 nitrogen and oxygen atoms in total. The first kappa shape index (κ1) is 22.5. The summed E-state index contributed by atoms with van der Waals surface area (Å²) in [5.41, 5.74) is 4.15. The first-order valence-corrected chi connectivity index (χ1v) is 10.1. The van der Waals surface area contributed by atoms with Crippen molar-refractivity contribution in [3.05, 3.63) is 64.7 Å². The molecule has 0 saturated heterocycles. The van der Waals surface area contributed by atoms with Crippen molar-refractivity contribution >= 4 is 11.8 Å². The van der Waals surface area contributed by atoms with Crippen LogP contribution < -0.4 is 10.1 Å². The van der Waals surface area contributed by atoms with Gasteiger partial charge in [0.05, 0.1) is 13.5 Å². The van der Waals surface area contributed by atoms with E-state index in [2.05, 4.69) is 11.4 Å². The smallest absolute Gasteiger partial charge is 0.242 e. The topological polar surface area (TPSA) is 58.6 Å². The van der Waals surface area contributed by atoms with Crippen LogP contribution >= 0.6 is 0 Å². The third kappa shape index (κ3) is 6.34. The Morgan fingerprint density at radius 3 is 2.31 bits per heavy atom. The lowest BCUT2D eigenvalue weighted by Crippen LogP contribution is -2.49. The summed E-state index contributed by atoms with van der Waals surface area (Å²) in [4.78, 5) is 27.7. The van der Waals surface area contributed by atoms with Crippen molar-refractivity contribution < 1.29 is 14.3 Å². The zero-order valence-electron chi connectivity index (χ0n) is 18.1. The van der Waals surface area contributed by atoms with Gasteiger partial charge in [0.15, 0.2) is 0 Å². The molecule has 1 atom stereocenters. The summed E-state index contributed by atoms with van der Waals surface area (Å²) in [7, 11) is 1.62. The molecule has 2 rings (SSSR count). The largest absolute Gasteiger partial charge is 0.497 e. The van der Waals surface area contributed by atoms with Gasteiger partial charge in [0.25, 0.3) is 0 Å². The molecule has 0 aliphatic carbocycles. The summed E-state index contributed by atoms with van der Waals surface area (Å²) in [5, 5.41) is 2.86. The standard InChI is InChI=1S/C24H32N2O3/c1-6-22(24(28)25-7-2)26(16-19-9-8-10-21(14-19)29-5)23(27)15-20-12-17(3)11-18(4)13-20/h8-14,22H,6-7,15-16H2,1-5H3,(H,25,28)/t22-/m1/s1. The molecule has 0 heterocycles. The Labute approximate surface area is 174 Å². The van der Waals surface area contributed by atoms with Gasteiger partial charge >= 0.3 is 0 Å². The predicted octanol–water partition coefficient (Wildman–Crippen LogP) is 3.80. The molecule has 156 valence electrons. The van der Waals surface area contributed by atoms with E-state index in [4.69, 9.17) is 4.74 Å². The number of carbonyl (C=O) groups excluding carboxylic acids is 2. The molecule has 29 heavy (non-hydrogen) atoms. The van der Waals surface area contributed by atoms with Gasteiger partial charge in [0, 0.05) is 13.1 Å². The zero-order chi connectivity index (χ0) is 21.4. The number of rotatable bonds is 9. The molecular formula is C24H32N2O3. The number of aryl methyl sites for hydroxylation is 2. The summed E-state index contributed by atoms with van der Waals surface area (Å²) in [6.45, 7) is 8.76. The SMILES string of the molecule is CCNC(=O)[C@@H](CC)N(Cc1cccc(OC)c1)C(=O)Cc1cc(C)cc(C)c1. The number of nitrogens with one attached hydrogen (secondary N) is 1. The second-order valence-electron chi connectivity index (χ2n) is 7.36. The Balaban J connectivity index is 2.33. The molecule has 5 heteroatoms. The van der Waals surface area contributed by atoms with E-state index >= 15 is 0 Å². The Hall–Kier alpha value is -2.82. The first-order chi connectivity index (χ1) is 13.9. The van der Waals surface area contributed by atoms with Crippen LogP contribution in [0.4, 0.5) is 0 Å². The van der Waals surface area contributed by atoms with Crippen molar-refractivity contribution in [1.82, 2.24) is 10.2 Å². The highest BCUT2D eigenvalue weighted by Crippen LogP contribution is 2.19. The predicted molar refractivity (Wildman–Crippen MR) is 116 cm³/mol. The number of hydrogen-bond acceptors (Lipinski definition) is 3. The van der Waals surface area contributed by atoms with Crippen LogP contribution in [0.1, 0.15) is 42.5 Å². The van der Waals surface area contributed by atoms with Crippen LogP contribution in [-0.2, 0) is 22.6 Å². The molecule has 0 aliphatic heterocycles. The number of carbonyl (C=O) groups is 2. The summed E-state index contributed by atoms with van der Waals surface area (Å²) >= 11 is 0. The minimum Gasteiger partial charge on any atom is -0.497 e. The molecule has 1 N–H and O–H groups in total. The van der Waals surface area contributed by atoms with Crippen LogP contribution in [0, 0.1) is 13.8 Å². The Morgan fingerprint density at radius 2 is 1.72 bits per heavy atom. The molecule has 0 fully saturated rings. The van der Waals surface area contributed by atoms with Crippen LogP contribution in [0.25, 0.3) is 0 Å². The van der Waals surface area contributed by atoms with Gasteiger partial charge in [-0.15, -0.1) is 0 Å². The van der Waals surface area contributed by atoms with Crippen LogP contribution in [-0.4, -0.2) is 36.4 Å². The Bertz CT molecular complexity index is 828. The lowest BCUT2D eigenvalue weighted by molar-refractivity contribution is -0.140. The average molecular weight is 397 g/mol. The van der Waals surface area contributed by atoms with Gasteiger partial charge < -0.3 is 15.0 Å². The average Bonchev–Trinajstić information content (AvgIpc) is 2.67. The van der Waals surface area contributed by atoms with Crippen molar-refractivity contribution in [2.75, 3.05) is 13.7 Å². The number of ether oxygens (including phenoxy) is 1. The van der Waals surface area contributed by atoms with Gasteiger partial charge in [-0.25, -0.2) is 0 Å². The molecule has 2 aromatic rings. The molecule has 0 radical (unpaired) electrons. The Morgan fingerprint density at radius 1 is 1.03 bits per heavy atom.